The number of carbonyl (C=O) groups excluding carboxylic acids is 1. The van der Waals surface area contributed by atoms with Crippen LogP contribution in [0.1, 0.15) is 11.1 Å². The van der Waals surface area contributed by atoms with Gasteiger partial charge in [0.2, 0.25) is 0 Å². The zero-order chi connectivity index (χ0) is 20.3. The van der Waals surface area contributed by atoms with Gasteiger partial charge in [-0.15, -0.1) is 0 Å². The van der Waals surface area contributed by atoms with Gasteiger partial charge in [-0.25, -0.2) is 0 Å². The van der Waals surface area contributed by atoms with Crippen molar-refractivity contribution in [2.75, 3.05) is 32.1 Å². The topological polar surface area (TPSA) is 67.2 Å². The molecule has 2 aromatic rings. The smallest absolute Gasteiger partial charge is 0.277 e. The zero-order valence-electron chi connectivity index (χ0n) is 15.9. The fourth-order valence-electron chi connectivity index (χ4n) is 3.03. The first-order chi connectivity index (χ1) is 13.4. The lowest BCUT2D eigenvalue weighted by atomic mass is 10.1. The molecule has 3 rings (SSSR count). The Hall–Kier alpha value is -2.90. The summed E-state index contributed by atoms with van der Waals surface area (Å²) in [6.07, 6.45) is 1.64. The van der Waals surface area contributed by atoms with E-state index in [4.69, 9.17) is 17.3 Å². The highest BCUT2D eigenvalue weighted by molar-refractivity contribution is 7.80. The molecular weight excluding hydrogens is 374 g/mol. The van der Waals surface area contributed by atoms with E-state index in [0.717, 1.165) is 11.3 Å². The van der Waals surface area contributed by atoms with Crippen LogP contribution >= 0.6 is 12.2 Å². The molecule has 28 heavy (non-hydrogen) atoms. The third-order valence-corrected chi connectivity index (χ3v) is 5.20. The Kier molecular flexibility index (Phi) is 5.96. The summed E-state index contributed by atoms with van der Waals surface area (Å²) in [7, 11) is 3.58. The van der Waals surface area contributed by atoms with Crippen LogP contribution in [0.5, 0.6) is 5.75 Å². The summed E-state index contributed by atoms with van der Waals surface area (Å²) in [5, 5.41) is 19.9. The van der Waals surface area contributed by atoms with E-state index in [9.17, 15) is 9.90 Å². The summed E-state index contributed by atoms with van der Waals surface area (Å²) in [5.74, 6) is -0.138. The van der Waals surface area contributed by atoms with Crippen molar-refractivity contribution in [1.29, 1.82) is 0 Å². The monoisotopic (exact) mass is 397 g/mol. The fraction of sp³-hybridized carbons (Fsp3) is 0.238. The van der Waals surface area contributed by atoms with Gasteiger partial charge in [-0.05, 0) is 36.0 Å². The molecule has 2 aromatic carbocycles. The maximum atomic E-state index is 12.9. The van der Waals surface area contributed by atoms with Crippen molar-refractivity contribution in [3.05, 3.63) is 65.4 Å². The van der Waals surface area contributed by atoms with E-state index in [0.29, 0.717) is 29.5 Å². The minimum absolute atomic E-state index is 0.0249. The number of aromatic hydroxyl groups is 1. The lowest BCUT2D eigenvalue weighted by Gasteiger charge is -2.18. The summed E-state index contributed by atoms with van der Waals surface area (Å²) in [4.78, 5) is 18.0. The second kappa shape index (κ2) is 8.41. The van der Waals surface area contributed by atoms with E-state index in [2.05, 4.69) is 0 Å². The number of hydrogen-bond donors (Lipinski definition) is 2. The quantitative estimate of drug-likeness (QED) is 0.577. The van der Waals surface area contributed by atoms with Crippen molar-refractivity contribution >= 4 is 35.0 Å². The highest BCUT2D eigenvalue weighted by atomic mass is 32.1. The lowest BCUT2D eigenvalue weighted by Crippen LogP contribution is -2.30. The van der Waals surface area contributed by atoms with Crippen LogP contribution in [0.4, 0.5) is 5.69 Å². The second-order valence-corrected chi connectivity index (χ2v) is 7.00. The highest BCUT2D eigenvalue weighted by Gasteiger charge is 2.35. The standard InChI is InChI=1S/C21H23N3O3S/c1-22(10-11-25)17-9-8-16(19(26)13-17)12-18-20(27)24(21(28)23(18)2)14-15-6-4-3-5-7-15/h3-9,12-13,25-26H,10-11,14H2,1-2H3/b18-12+. The minimum Gasteiger partial charge on any atom is -0.507 e. The Labute approximate surface area is 169 Å². The van der Waals surface area contributed by atoms with Crippen LogP contribution in [0, 0.1) is 0 Å². The fourth-order valence-corrected chi connectivity index (χ4v) is 3.28. The molecule has 1 aliphatic heterocycles. The van der Waals surface area contributed by atoms with Crippen molar-refractivity contribution in [2.24, 2.45) is 0 Å². The number of amides is 1. The van der Waals surface area contributed by atoms with Crippen LogP contribution < -0.4 is 4.90 Å². The molecule has 7 heteroatoms. The van der Waals surface area contributed by atoms with Gasteiger partial charge < -0.3 is 20.0 Å². The molecule has 0 aromatic heterocycles. The number of rotatable bonds is 6. The molecule has 2 N–H and O–H groups in total. The van der Waals surface area contributed by atoms with E-state index >= 15 is 0 Å². The summed E-state index contributed by atoms with van der Waals surface area (Å²) >= 11 is 5.45. The molecule has 1 aliphatic rings. The number of benzene rings is 2. The van der Waals surface area contributed by atoms with Gasteiger partial charge >= 0.3 is 0 Å². The lowest BCUT2D eigenvalue weighted by molar-refractivity contribution is -0.122. The van der Waals surface area contributed by atoms with Gasteiger partial charge in [-0.2, -0.15) is 0 Å². The van der Waals surface area contributed by atoms with Gasteiger partial charge in [0.25, 0.3) is 5.91 Å². The predicted molar refractivity (Wildman–Crippen MR) is 114 cm³/mol. The number of likely N-dealkylation sites (N-methyl/N-ethyl adjacent to an activating group) is 2. The average Bonchev–Trinajstić information content (AvgIpc) is 2.88. The molecule has 0 atom stereocenters. The Balaban J connectivity index is 1.85. The maximum absolute atomic E-state index is 12.9. The highest BCUT2D eigenvalue weighted by Crippen LogP contribution is 2.29. The second-order valence-electron chi connectivity index (χ2n) is 6.64. The largest absolute Gasteiger partial charge is 0.507 e. The number of aliphatic hydroxyl groups is 1. The van der Waals surface area contributed by atoms with Crippen LogP contribution in [0.25, 0.3) is 6.08 Å². The predicted octanol–water partition coefficient (Wildman–Crippen LogP) is 2.42. The Morgan fingerprint density at radius 2 is 1.89 bits per heavy atom. The number of carbonyl (C=O) groups is 1. The zero-order valence-corrected chi connectivity index (χ0v) is 16.7. The molecule has 0 saturated carbocycles. The van der Waals surface area contributed by atoms with E-state index in [1.165, 1.54) is 0 Å². The van der Waals surface area contributed by atoms with Gasteiger partial charge in [-0.1, -0.05) is 30.3 Å². The number of hydrogen-bond acceptors (Lipinski definition) is 5. The first kappa shape index (κ1) is 19.9. The minimum atomic E-state index is -0.197. The van der Waals surface area contributed by atoms with Crippen molar-refractivity contribution < 1.29 is 15.0 Å². The molecule has 0 radical (unpaired) electrons. The summed E-state index contributed by atoms with van der Waals surface area (Å²) in [6.45, 7) is 0.887. The summed E-state index contributed by atoms with van der Waals surface area (Å²) in [6, 6.07) is 14.9. The molecule has 1 saturated heterocycles. The van der Waals surface area contributed by atoms with Gasteiger partial charge in [0.1, 0.15) is 11.4 Å². The number of aliphatic hydroxyl groups excluding tert-OH is 1. The molecule has 0 spiro atoms. The van der Waals surface area contributed by atoms with Crippen molar-refractivity contribution in [1.82, 2.24) is 9.80 Å². The number of nitrogens with zero attached hydrogens (tertiary/aromatic N) is 3. The summed E-state index contributed by atoms with van der Waals surface area (Å²) in [5.41, 5.74) is 2.71. The SMILES string of the molecule is CN1C(=S)N(Cc2ccccc2)C(=O)/C1=C\c1ccc(N(C)CCO)cc1O. The van der Waals surface area contributed by atoms with E-state index in [-0.39, 0.29) is 18.3 Å². The molecule has 1 fully saturated rings. The van der Waals surface area contributed by atoms with Crippen molar-refractivity contribution in [3.8, 4) is 5.75 Å². The van der Waals surface area contributed by atoms with Crippen LogP contribution in [0.3, 0.4) is 0 Å². The molecule has 1 heterocycles. The molecule has 0 unspecified atom stereocenters. The maximum Gasteiger partial charge on any atom is 0.277 e. The number of anilines is 1. The van der Waals surface area contributed by atoms with Crippen LogP contribution in [0.2, 0.25) is 0 Å². The molecule has 0 bridgehead atoms. The number of thiocarbonyl (C=S) groups is 1. The van der Waals surface area contributed by atoms with Gasteiger partial charge in [0.15, 0.2) is 5.11 Å². The Morgan fingerprint density at radius 1 is 1.18 bits per heavy atom. The molecule has 0 aliphatic carbocycles. The summed E-state index contributed by atoms with van der Waals surface area (Å²) < 4.78 is 0. The van der Waals surface area contributed by atoms with Crippen LogP contribution in [0.15, 0.2) is 54.2 Å². The third-order valence-electron chi connectivity index (χ3n) is 4.71. The van der Waals surface area contributed by atoms with Gasteiger partial charge in [-0.3, -0.25) is 9.69 Å². The first-order valence-corrected chi connectivity index (χ1v) is 9.33. The molecule has 1 amide bonds. The third kappa shape index (κ3) is 4.00. The van der Waals surface area contributed by atoms with Gasteiger partial charge in [0.05, 0.1) is 13.2 Å². The normalized spacial score (nSPS) is 15.6. The van der Waals surface area contributed by atoms with Crippen molar-refractivity contribution in [2.45, 2.75) is 6.54 Å². The van der Waals surface area contributed by atoms with E-state index < -0.39 is 0 Å². The van der Waals surface area contributed by atoms with E-state index in [1.54, 1.807) is 35.1 Å². The molecule has 146 valence electrons. The first-order valence-electron chi connectivity index (χ1n) is 8.92. The van der Waals surface area contributed by atoms with Gasteiger partial charge in [0, 0.05) is 38.0 Å². The van der Waals surface area contributed by atoms with E-state index in [1.807, 2.05) is 48.3 Å². The average molecular weight is 398 g/mol. The molecular formula is C21H23N3O3S. The Morgan fingerprint density at radius 3 is 2.54 bits per heavy atom. The number of phenols is 1. The Bertz CT molecular complexity index is 914. The molecule has 6 nitrogen and oxygen atoms in total. The van der Waals surface area contributed by atoms with Crippen LogP contribution in [-0.4, -0.2) is 58.3 Å². The number of phenolic OH excluding ortho intramolecular Hbond substituents is 1. The van der Waals surface area contributed by atoms with Crippen LogP contribution in [-0.2, 0) is 11.3 Å². The van der Waals surface area contributed by atoms with Crippen molar-refractivity contribution in [3.63, 3.8) is 0 Å².